The van der Waals surface area contributed by atoms with Crippen molar-refractivity contribution in [1.29, 1.82) is 0 Å². The van der Waals surface area contributed by atoms with Crippen molar-refractivity contribution in [3.05, 3.63) is 22.7 Å². The molecule has 5 nitrogen and oxygen atoms in total. The van der Waals surface area contributed by atoms with Gasteiger partial charge in [0, 0.05) is 17.0 Å². The van der Waals surface area contributed by atoms with Crippen molar-refractivity contribution >= 4 is 21.8 Å². The van der Waals surface area contributed by atoms with Crippen molar-refractivity contribution in [2.24, 2.45) is 0 Å². The van der Waals surface area contributed by atoms with E-state index in [1.54, 1.807) is 6.07 Å². The summed E-state index contributed by atoms with van der Waals surface area (Å²) in [5.74, 6) is 1.66. The quantitative estimate of drug-likeness (QED) is 0.877. The van der Waals surface area contributed by atoms with Crippen LogP contribution in [0.25, 0.3) is 11.3 Å². The molecule has 1 aromatic heterocycles. The van der Waals surface area contributed by atoms with Gasteiger partial charge in [-0.15, -0.1) is 0 Å². The lowest BCUT2D eigenvalue weighted by atomic mass is 10.1. The smallest absolute Gasteiger partial charge is 0.222 e. The molecule has 3 rings (SSSR count). The van der Waals surface area contributed by atoms with Crippen LogP contribution >= 0.6 is 15.9 Å². The molecule has 2 heterocycles. The van der Waals surface area contributed by atoms with Gasteiger partial charge in [-0.1, -0.05) is 5.16 Å². The predicted octanol–water partition coefficient (Wildman–Crippen LogP) is 2.85. The van der Waals surface area contributed by atoms with Gasteiger partial charge in [-0.3, -0.25) is 0 Å². The average molecular weight is 311 g/mol. The Labute approximate surface area is 112 Å². The highest BCUT2D eigenvalue weighted by atomic mass is 79.9. The van der Waals surface area contributed by atoms with Crippen LogP contribution in [-0.2, 0) is 0 Å². The summed E-state index contributed by atoms with van der Waals surface area (Å²) in [6.07, 6.45) is 0.854. The normalized spacial score (nSPS) is 14.3. The lowest BCUT2D eigenvalue weighted by Crippen LogP contribution is -1.98. The summed E-state index contributed by atoms with van der Waals surface area (Å²) in [5.41, 5.74) is 6.98. The highest BCUT2D eigenvalue weighted by Crippen LogP contribution is 2.43. The molecule has 0 saturated heterocycles. The molecule has 1 aliphatic rings. The third kappa shape index (κ3) is 1.92. The first-order chi connectivity index (χ1) is 8.75. The van der Waals surface area contributed by atoms with Gasteiger partial charge in [0.15, 0.2) is 11.5 Å². The SMILES string of the molecule is Nc1cc(-c2c(Br)ccc3c2OCCCO3)no1. The van der Waals surface area contributed by atoms with Crippen LogP contribution in [0.4, 0.5) is 5.88 Å². The first kappa shape index (κ1) is 11.4. The molecular formula is C12H11BrN2O3. The molecule has 0 fully saturated rings. The molecule has 0 radical (unpaired) electrons. The topological polar surface area (TPSA) is 70.5 Å². The van der Waals surface area contributed by atoms with E-state index in [0.29, 0.717) is 30.4 Å². The van der Waals surface area contributed by atoms with Gasteiger partial charge in [0.05, 0.1) is 18.8 Å². The second-order valence-electron chi connectivity index (χ2n) is 3.91. The van der Waals surface area contributed by atoms with Gasteiger partial charge in [0.2, 0.25) is 5.88 Å². The minimum atomic E-state index is 0.268. The number of fused-ring (bicyclic) bond motifs is 1. The second kappa shape index (κ2) is 4.53. The van der Waals surface area contributed by atoms with E-state index in [1.165, 1.54) is 0 Å². The van der Waals surface area contributed by atoms with E-state index < -0.39 is 0 Å². The zero-order valence-electron chi connectivity index (χ0n) is 9.48. The second-order valence-corrected chi connectivity index (χ2v) is 4.77. The van der Waals surface area contributed by atoms with E-state index in [-0.39, 0.29) is 5.88 Å². The maximum Gasteiger partial charge on any atom is 0.222 e. The van der Waals surface area contributed by atoms with E-state index in [0.717, 1.165) is 16.5 Å². The Morgan fingerprint density at radius 1 is 1.22 bits per heavy atom. The van der Waals surface area contributed by atoms with Crippen LogP contribution in [0.1, 0.15) is 6.42 Å². The van der Waals surface area contributed by atoms with Gasteiger partial charge in [-0.2, -0.15) is 0 Å². The third-order valence-electron chi connectivity index (χ3n) is 2.65. The van der Waals surface area contributed by atoms with E-state index in [2.05, 4.69) is 21.1 Å². The number of ether oxygens (including phenoxy) is 2. The molecule has 0 aliphatic carbocycles. The van der Waals surface area contributed by atoms with E-state index in [9.17, 15) is 0 Å². The molecule has 1 aromatic carbocycles. The monoisotopic (exact) mass is 310 g/mol. The molecule has 0 amide bonds. The molecule has 94 valence electrons. The minimum Gasteiger partial charge on any atom is -0.490 e. The summed E-state index contributed by atoms with van der Waals surface area (Å²) in [4.78, 5) is 0. The summed E-state index contributed by atoms with van der Waals surface area (Å²) >= 11 is 3.49. The van der Waals surface area contributed by atoms with Crippen LogP contribution in [0.2, 0.25) is 0 Å². The highest BCUT2D eigenvalue weighted by molar-refractivity contribution is 9.10. The number of rotatable bonds is 1. The van der Waals surface area contributed by atoms with Crippen LogP contribution in [-0.4, -0.2) is 18.4 Å². The Bertz CT molecular complexity index is 583. The molecule has 18 heavy (non-hydrogen) atoms. The number of halogens is 1. The van der Waals surface area contributed by atoms with Crippen molar-refractivity contribution in [2.75, 3.05) is 18.9 Å². The van der Waals surface area contributed by atoms with Crippen LogP contribution < -0.4 is 15.2 Å². The van der Waals surface area contributed by atoms with Crippen LogP contribution in [0.5, 0.6) is 11.5 Å². The molecule has 2 aromatic rings. The first-order valence-corrected chi connectivity index (χ1v) is 6.35. The Kier molecular flexibility index (Phi) is 2.87. The predicted molar refractivity (Wildman–Crippen MR) is 69.7 cm³/mol. The van der Waals surface area contributed by atoms with Gasteiger partial charge in [-0.25, -0.2) is 0 Å². The summed E-state index contributed by atoms with van der Waals surface area (Å²) in [5, 5.41) is 3.92. The van der Waals surface area contributed by atoms with Crippen molar-refractivity contribution < 1.29 is 14.0 Å². The maximum absolute atomic E-state index is 5.75. The third-order valence-corrected chi connectivity index (χ3v) is 3.31. The molecule has 2 N–H and O–H groups in total. The van der Waals surface area contributed by atoms with Gasteiger partial charge >= 0.3 is 0 Å². The Hall–Kier alpha value is -1.69. The van der Waals surface area contributed by atoms with Gasteiger partial charge in [0.25, 0.3) is 0 Å². The summed E-state index contributed by atoms with van der Waals surface area (Å²) < 4.78 is 17.2. The fraction of sp³-hybridized carbons (Fsp3) is 0.250. The van der Waals surface area contributed by atoms with E-state index >= 15 is 0 Å². The number of hydrogen-bond acceptors (Lipinski definition) is 5. The number of hydrogen-bond donors (Lipinski definition) is 1. The fourth-order valence-corrected chi connectivity index (χ4v) is 2.37. The Morgan fingerprint density at radius 3 is 2.83 bits per heavy atom. The minimum absolute atomic E-state index is 0.268. The standard InChI is InChI=1S/C12H11BrN2O3/c13-7-2-3-9-12(17-5-1-4-16-9)11(7)8-6-10(14)18-15-8/h2-3,6H,1,4-5,14H2. The number of nitrogens with zero attached hydrogens (tertiary/aromatic N) is 1. The van der Waals surface area contributed by atoms with Gasteiger partial charge < -0.3 is 19.7 Å². The number of aromatic nitrogens is 1. The van der Waals surface area contributed by atoms with Crippen LogP contribution in [0.15, 0.2) is 27.2 Å². The summed E-state index contributed by atoms with van der Waals surface area (Å²) in [6, 6.07) is 5.43. The molecule has 0 unspecified atom stereocenters. The molecule has 0 spiro atoms. The number of anilines is 1. The lowest BCUT2D eigenvalue weighted by Gasteiger charge is -2.12. The number of nitrogens with two attached hydrogens (primary N) is 1. The molecule has 0 saturated carbocycles. The number of nitrogen functional groups attached to an aromatic ring is 1. The first-order valence-electron chi connectivity index (χ1n) is 5.56. The molecule has 0 atom stereocenters. The molecular weight excluding hydrogens is 300 g/mol. The highest BCUT2D eigenvalue weighted by Gasteiger charge is 2.21. The van der Waals surface area contributed by atoms with Crippen LogP contribution in [0.3, 0.4) is 0 Å². The van der Waals surface area contributed by atoms with Gasteiger partial charge in [-0.05, 0) is 28.1 Å². The zero-order valence-corrected chi connectivity index (χ0v) is 11.1. The lowest BCUT2D eigenvalue weighted by molar-refractivity contribution is 0.297. The zero-order chi connectivity index (χ0) is 12.5. The average Bonchev–Trinajstić information content (AvgIpc) is 2.63. The summed E-state index contributed by atoms with van der Waals surface area (Å²) in [7, 11) is 0. The molecule has 1 aliphatic heterocycles. The van der Waals surface area contributed by atoms with Crippen molar-refractivity contribution in [2.45, 2.75) is 6.42 Å². The van der Waals surface area contributed by atoms with Gasteiger partial charge in [0.1, 0.15) is 5.69 Å². The van der Waals surface area contributed by atoms with E-state index in [1.807, 2.05) is 12.1 Å². The Morgan fingerprint density at radius 2 is 2.06 bits per heavy atom. The van der Waals surface area contributed by atoms with Crippen molar-refractivity contribution in [3.63, 3.8) is 0 Å². The number of benzene rings is 1. The molecule has 0 bridgehead atoms. The fourth-order valence-electron chi connectivity index (χ4n) is 1.86. The maximum atomic E-state index is 5.75. The Balaban J connectivity index is 2.18. The van der Waals surface area contributed by atoms with Crippen molar-refractivity contribution in [3.8, 4) is 22.8 Å². The largest absolute Gasteiger partial charge is 0.490 e. The summed E-state index contributed by atoms with van der Waals surface area (Å²) in [6.45, 7) is 1.26. The van der Waals surface area contributed by atoms with E-state index in [4.69, 9.17) is 19.7 Å². The van der Waals surface area contributed by atoms with Crippen molar-refractivity contribution in [1.82, 2.24) is 5.16 Å². The molecule has 6 heteroatoms. The van der Waals surface area contributed by atoms with Crippen LogP contribution in [0, 0.1) is 0 Å².